The van der Waals surface area contributed by atoms with E-state index in [1.54, 1.807) is 0 Å². The Morgan fingerprint density at radius 1 is 0.923 bits per heavy atom. The van der Waals surface area contributed by atoms with Crippen LogP contribution in [0.5, 0.6) is 0 Å². The lowest BCUT2D eigenvalue weighted by atomic mass is 9.63. The van der Waals surface area contributed by atoms with Gasteiger partial charge in [0.05, 0.1) is 0 Å². The van der Waals surface area contributed by atoms with Gasteiger partial charge in [0.1, 0.15) is 11.0 Å². The van der Waals surface area contributed by atoms with E-state index in [0.29, 0.717) is 12.0 Å². The van der Waals surface area contributed by atoms with Crippen LogP contribution in [-0.2, 0) is 11.0 Å². The minimum Gasteiger partial charge on any atom is -0.383 e. The lowest BCUT2D eigenvalue weighted by Crippen LogP contribution is -2.49. The van der Waals surface area contributed by atoms with Gasteiger partial charge in [-0.2, -0.15) is 0 Å². The molecule has 1 spiro atoms. The summed E-state index contributed by atoms with van der Waals surface area (Å²) in [5.74, 6) is 0.0461. The maximum atomic E-state index is 13.7. The fraction of sp³-hybridized carbons (Fsp3) is 0.375. The van der Waals surface area contributed by atoms with Crippen molar-refractivity contribution in [2.24, 2.45) is 0 Å². The van der Waals surface area contributed by atoms with Crippen molar-refractivity contribution in [3.63, 3.8) is 0 Å². The molecule has 1 N–H and O–H groups in total. The standard InChI is InChI=1S/C24H26O2/c1-3-4-5-10-15-23(26)21-14-9-7-12-19(21)22(25)24(23)17(2)16-18-11-6-8-13-20(18)24/h6-9,11-14,16,26H,3-5,10,15H2,1-2H3/t23-,24-/m0/s1. The molecule has 0 saturated heterocycles. The topological polar surface area (TPSA) is 37.3 Å². The first-order valence-corrected chi connectivity index (χ1v) is 9.72. The predicted molar refractivity (Wildman–Crippen MR) is 105 cm³/mol. The van der Waals surface area contributed by atoms with Crippen LogP contribution in [0.4, 0.5) is 0 Å². The minimum atomic E-state index is -1.18. The summed E-state index contributed by atoms with van der Waals surface area (Å²) in [7, 11) is 0. The molecule has 0 saturated carbocycles. The molecular formula is C24H26O2. The van der Waals surface area contributed by atoms with Gasteiger partial charge in [-0.15, -0.1) is 0 Å². The zero-order valence-electron chi connectivity index (χ0n) is 15.6. The molecule has 2 aromatic carbocycles. The quantitative estimate of drug-likeness (QED) is 0.736. The summed E-state index contributed by atoms with van der Waals surface area (Å²) in [5, 5.41) is 12.1. The Labute approximate surface area is 155 Å². The van der Waals surface area contributed by atoms with Crippen molar-refractivity contribution in [2.75, 3.05) is 0 Å². The summed E-state index contributed by atoms with van der Waals surface area (Å²) in [4.78, 5) is 13.7. The lowest BCUT2D eigenvalue weighted by molar-refractivity contribution is -0.0196. The van der Waals surface area contributed by atoms with Gasteiger partial charge in [0, 0.05) is 5.56 Å². The van der Waals surface area contributed by atoms with Gasteiger partial charge in [-0.05, 0) is 30.0 Å². The van der Waals surface area contributed by atoms with Gasteiger partial charge >= 0.3 is 0 Å². The molecule has 2 aromatic rings. The Morgan fingerprint density at radius 2 is 1.62 bits per heavy atom. The highest BCUT2D eigenvalue weighted by Crippen LogP contribution is 2.60. The highest BCUT2D eigenvalue weighted by molar-refractivity contribution is 6.14. The first-order valence-electron chi connectivity index (χ1n) is 9.72. The van der Waals surface area contributed by atoms with Crippen molar-refractivity contribution < 1.29 is 9.90 Å². The molecule has 0 unspecified atom stereocenters. The van der Waals surface area contributed by atoms with Crippen LogP contribution in [0.3, 0.4) is 0 Å². The van der Waals surface area contributed by atoms with Gasteiger partial charge in [-0.3, -0.25) is 4.79 Å². The molecule has 0 bridgehead atoms. The lowest BCUT2D eigenvalue weighted by Gasteiger charge is -2.41. The molecule has 2 nitrogen and oxygen atoms in total. The van der Waals surface area contributed by atoms with Gasteiger partial charge < -0.3 is 5.11 Å². The third-order valence-electron chi connectivity index (χ3n) is 6.30. The molecule has 2 aliphatic carbocycles. The third-order valence-corrected chi connectivity index (χ3v) is 6.30. The molecule has 0 aliphatic heterocycles. The van der Waals surface area contributed by atoms with Gasteiger partial charge in [0.2, 0.25) is 0 Å². The van der Waals surface area contributed by atoms with E-state index in [1.807, 2.05) is 55.5 Å². The minimum absolute atomic E-state index is 0.0461. The molecular weight excluding hydrogens is 320 g/mol. The van der Waals surface area contributed by atoms with E-state index < -0.39 is 11.0 Å². The Kier molecular flexibility index (Phi) is 4.11. The second kappa shape index (κ2) is 6.21. The molecule has 0 heterocycles. The first-order chi connectivity index (χ1) is 12.6. The van der Waals surface area contributed by atoms with E-state index in [1.165, 1.54) is 0 Å². The summed E-state index contributed by atoms with van der Waals surface area (Å²) in [6, 6.07) is 15.7. The molecule has 2 aliphatic rings. The van der Waals surface area contributed by atoms with Gasteiger partial charge in [0.15, 0.2) is 5.78 Å². The van der Waals surface area contributed by atoms with Crippen LogP contribution in [0, 0.1) is 0 Å². The summed E-state index contributed by atoms with van der Waals surface area (Å²) in [6.45, 7) is 4.19. The number of aliphatic hydroxyl groups is 1. The maximum Gasteiger partial charge on any atom is 0.181 e. The van der Waals surface area contributed by atoms with Crippen LogP contribution in [0.1, 0.15) is 73.0 Å². The highest BCUT2D eigenvalue weighted by Gasteiger charge is 2.65. The number of fused-ring (bicyclic) bond motifs is 3. The van der Waals surface area contributed by atoms with E-state index in [4.69, 9.17) is 0 Å². The normalized spacial score (nSPS) is 26.1. The molecule has 0 amide bonds. The Bertz CT molecular complexity index is 895. The zero-order chi connectivity index (χ0) is 18.4. The number of unbranched alkanes of at least 4 members (excludes halogenated alkanes) is 3. The average Bonchev–Trinajstić information content (AvgIpc) is 3.06. The van der Waals surface area contributed by atoms with Crippen LogP contribution in [0.15, 0.2) is 54.1 Å². The fourth-order valence-corrected chi connectivity index (χ4v) is 5.13. The number of benzene rings is 2. The number of hydrogen-bond acceptors (Lipinski definition) is 2. The third kappa shape index (κ3) is 2.05. The van der Waals surface area contributed by atoms with E-state index >= 15 is 0 Å². The predicted octanol–water partition coefficient (Wildman–Crippen LogP) is 5.40. The van der Waals surface area contributed by atoms with Gasteiger partial charge in [0.25, 0.3) is 0 Å². The van der Waals surface area contributed by atoms with E-state index in [-0.39, 0.29) is 5.78 Å². The van der Waals surface area contributed by atoms with Crippen molar-refractivity contribution in [3.8, 4) is 0 Å². The molecule has 134 valence electrons. The zero-order valence-corrected chi connectivity index (χ0v) is 15.6. The second-order valence-corrected chi connectivity index (χ2v) is 7.71. The summed E-state index contributed by atoms with van der Waals surface area (Å²) in [5.41, 5.74) is 2.29. The van der Waals surface area contributed by atoms with Crippen molar-refractivity contribution in [1.29, 1.82) is 0 Å². The summed E-state index contributed by atoms with van der Waals surface area (Å²) in [6.07, 6.45) is 7.00. The van der Waals surface area contributed by atoms with Crippen LogP contribution in [-0.4, -0.2) is 10.9 Å². The van der Waals surface area contributed by atoms with Crippen molar-refractivity contribution in [2.45, 2.75) is 57.0 Å². The van der Waals surface area contributed by atoms with Crippen molar-refractivity contribution in [3.05, 3.63) is 76.4 Å². The van der Waals surface area contributed by atoms with E-state index in [9.17, 15) is 9.90 Å². The molecule has 0 aromatic heterocycles. The molecule has 4 rings (SSSR count). The molecule has 0 fully saturated rings. The van der Waals surface area contributed by atoms with Gasteiger partial charge in [-0.1, -0.05) is 92.8 Å². The van der Waals surface area contributed by atoms with Crippen molar-refractivity contribution >= 4 is 11.9 Å². The molecule has 0 radical (unpaired) electrons. The Hall–Kier alpha value is -2.19. The molecule has 2 atom stereocenters. The number of hydrogen-bond donors (Lipinski definition) is 1. The Morgan fingerprint density at radius 3 is 2.38 bits per heavy atom. The first kappa shape index (κ1) is 17.2. The largest absolute Gasteiger partial charge is 0.383 e. The maximum absolute atomic E-state index is 13.7. The number of ketones is 1. The molecule has 26 heavy (non-hydrogen) atoms. The fourth-order valence-electron chi connectivity index (χ4n) is 5.13. The number of Topliss-reactive ketones (excluding diaryl/α,β-unsaturated/α-hetero) is 1. The van der Waals surface area contributed by atoms with Crippen LogP contribution < -0.4 is 0 Å². The van der Waals surface area contributed by atoms with Crippen molar-refractivity contribution in [1.82, 2.24) is 0 Å². The van der Waals surface area contributed by atoms with Crippen LogP contribution in [0.25, 0.3) is 6.08 Å². The second-order valence-electron chi connectivity index (χ2n) is 7.71. The SMILES string of the molecule is CCCCCC[C@]1(O)c2ccccc2C(=O)[C@@]12C(C)=Cc1ccccc12. The average molecular weight is 346 g/mol. The monoisotopic (exact) mass is 346 g/mol. The summed E-state index contributed by atoms with van der Waals surface area (Å²) >= 11 is 0. The summed E-state index contributed by atoms with van der Waals surface area (Å²) < 4.78 is 0. The van der Waals surface area contributed by atoms with Gasteiger partial charge in [-0.25, -0.2) is 0 Å². The number of carbonyl (C=O) groups excluding carboxylic acids is 1. The van der Waals surface area contributed by atoms with E-state index in [0.717, 1.165) is 47.9 Å². The number of rotatable bonds is 5. The van der Waals surface area contributed by atoms with Crippen LogP contribution in [0.2, 0.25) is 0 Å². The smallest absolute Gasteiger partial charge is 0.181 e. The van der Waals surface area contributed by atoms with Crippen LogP contribution >= 0.6 is 0 Å². The Balaban J connectivity index is 1.91. The molecule has 2 heteroatoms. The highest BCUT2D eigenvalue weighted by atomic mass is 16.3. The van der Waals surface area contributed by atoms with E-state index in [2.05, 4.69) is 13.0 Å². The number of carbonyl (C=O) groups is 1.